The Morgan fingerprint density at radius 2 is 1.94 bits per heavy atom. The Bertz CT molecular complexity index is 554. The first-order chi connectivity index (χ1) is 7.88. The van der Waals surface area contributed by atoms with Gasteiger partial charge in [0.15, 0.2) is 4.90 Å². The molecule has 0 aliphatic heterocycles. The van der Waals surface area contributed by atoms with Gasteiger partial charge in [-0.05, 0) is 6.07 Å². The largest absolute Gasteiger partial charge is 0.340 e. The Balaban J connectivity index is 3.24. The van der Waals surface area contributed by atoms with Crippen LogP contribution in [-0.4, -0.2) is 26.4 Å². The first-order valence-electron chi connectivity index (χ1n) is 4.36. The number of nitrogens with zero attached hydrogens (tertiary/aromatic N) is 1. The molecule has 0 spiro atoms. The molecule has 0 atom stereocenters. The molecule has 0 saturated heterocycles. The van der Waals surface area contributed by atoms with Crippen LogP contribution in [0, 0.1) is 10.1 Å². The average Bonchev–Trinajstić information content (AvgIpc) is 2.28. The summed E-state index contributed by atoms with van der Waals surface area (Å²) < 4.78 is 24.9. The van der Waals surface area contributed by atoms with Crippen LogP contribution in [0.5, 0.6) is 0 Å². The first-order valence-corrected chi connectivity index (χ1v) is 5.84. The second kappa shape index (κ2) is 4.78. The number of amides is 2. The molecule has 1 aromatic carbocycles. The second-order valence-electron chi connectivity index (χ2n) is 2.91. The minimum absolute atomic E-state index is 0.561. The van der Waals surface area contributed by atoms with Gasteiger partial charge in [0.05, 0.1) is 4.92 Å². The average molecular weight is 259 g/mol. The predicted octanol–water partition coefficient (Wildman–Crippen LogP) is 0.212. The molecule has 92 valence electrons. The van der Waals surface area contributed by atoms with E-state index in [9.17, 15) is 23.3 Å². The minimum Gasteiger partial charge on any atom is -0.340 e. The molecule has 2 N–H and O–H groups in total. The lowest BCUT2D eigenvalue weighted by Crippen LogP contribution is -2.37. The summed E-state index contributed by atoms with van der Waals surface area (Å²) >= 11 is 0. The summed E-state index contributed by atoms with van der Waals surface area (Å²) in [4.78, 5) is 20.2. The number of benzene rings is 1. The van der Waals surface area contributed by atoms with E-state index in [1.165, 1.54) is 19.2 Å². The maximum absolute atomic E-state index is 11.7. The van der Waals surface area contributed by atoms with Crippen molar-refractivity contribution in [2.24, 2.45) is 0 Å². The molecule has 1 aromatic rings. The Morgan fingerprint density at radius 3 is 2.47 bits per heavy atom. The summed E-state index contributed by atoms with van der Waals surface area (Å²) in [6.45, 7) is 0. The van der Waals surface area contributed by atoms with Crippen LogP contribution in [0.15, 0.2) is 29.2 Å². The van der Waals surface area contributed by atoms with Crippen LogP contribution in [0.1, 0.15) is 0 Å². The number of nitro benzene ring substituents is 1. The number of rotatable bonds is 3. The van der Waals surface area contributed by atoms with Crippen molar-refractivity contribution in [3.05, 3.63) is 34.4 Å². The SMILES string of the molecule is CNC(=O)NS(=O)(=O)c1ccccc1[N+](=O)[O-]. The monoisotopic (exact) mass is 259 g/mol. The molecule has 1 rings (SSSR count). The van der Waals surface area contributed by atoms with Gasteiger partial charge in [-0.15, -0.1) is 0 Å². The summed E-state index contributed by atoms with van der Waals surface area (Å²) in [6, 6.07) is 3.77. The third kappa shape index (κ3) is 2.91. The molecule has 0 radical (unpaired) electrons. The third-order valence-corrected chi connectivity index (χ3v) is 3.18. The van der Waals surface area contributed by atoms with E-state index in [1.54, 1.807) is 4.72 Å². The van der Waals surface area contributed by atoms with Gasteiger partial charge in [0.1, 0.15) is 0 Å². The van der Waals surface area contributed by atoms with Crippen molar-refractivity contribution in [3.63, 3.8) is 0 Å². The minimum atomic E-state index is -4.25. The fourth-order valence-corrected chi connectivity index (χ4v) is 2.20. The zero-order chi connectivity index (χ0) is 13.1. The molecular weight excluding hydrogens is 250 g/mol. The molecule has 0 heterocycles. The molecule has 17 heavy (non-hydrogen) atoms. The van der Waals surface area contributed by atoms with Crippen LogP contribution in [0.25, 0.3) is 0 Å². The Labute approximate surface area is 96.8 Å². The van der Waals surface area contributed by atoms with E-state index in [2.05, 4.69) is 0 Å². The van der Waals surface area contributed by atoms with Gasteiger partial charge in [0, 0.05) is 13.1 Å². The highest BCUT2D eigenvalue weighted by molar-refractivity contribution is 7.90. The Kier molecular flexibility index (Phi) is 3.63. The molecule has 2 amide bonds. The van der Waals surface area contributed by atoms with E-state index in [0.29, 0.717) is 0 Å². The number of para-hydroxylation sites is 1. The number of nitrogens with one attached hydrogen (secondary N) is 2. The van der Waals surface area contributed by atoms with Crippen molar-refractivity contribution < 1.29 is 18.1 Å². The summed E-state index contributed by atoms with van der Waals surface area (Å²) in [5, 5.41) is 12.7. The van der Waals surface area contributed by atoms with Crippen molar-refractivity contribution in [2.75, 3.05) is 7.05 Å². The first kappa shape index (κ1) is 12.9. The fourth-order valence-electron chi connectivity index (χ4n) is 1.06. The molecule has 0 aliphatic rings. The van der Waals surface area contributed by atoms with Gasteiger partial charge in [-0.3, -0.25) is 10.1 Å². The van der Waals surface area contributed by atoms with Crippen molar-refractivity contribution in [1.82, 2.24) is 10.0 Å². The van der Waals surface area contributed by atoms with Crippen LogP contribution in [0.3, 0.4) is 0 Å². The molecule has 0 aromatic heterocycles. The summed E-state index contributed by atoms with van der Waals surface area (Å²) in [7, 11) is -3.02. The predicted molar refractivity (Wildman–Crippen MR) is 57.9 cm³/mol. The molecule has 0 fully saturated rings. The maximum atomic E-state index is 11.7. The van der Waals surface area contributed by atoms with Crippen molar-refractivity contribution in [1.29, 1.82) is 0 Å². The number of hydrogen-bond donors (Lipinski definition) is 2. The highest BCUT2D eigenvalue weighted by Crippen LogP contribution is 2.22. The molecule has 0 bridgehead atoms. The lowest BCUT2D eigenvalue weighted by molar-refractivity contribution is -0.387. The third-order valence-electron chi connectivity index (χ3n) is 1.81. The normalized spacial score (nSPS) is 10.6. The van der Waals surface area contributed by atoms with E-state index in [0.717, 1.165) is 12.1 Å². The number of hydrogen-bond acceptors (Lipinski definition) is 5. The maximum Gasteiger partial charge on any atom is 0.328 e. The van der Waals surface area contributed by atoms with Crippen LogP contribution in [0.4, 0.5) is 10.5 Å². The standard InChI is InChI=1S/C8H9N3O5S/c1-9-8(12)10-17(15,16)7-5-3-2-4-6(7)11(13)14/h2-5H,1H3,(H2,9,10,12). The summed E-state index contributed by atoms with van der Waals surface area (Å²) in [5.74, 6) is 0. The van der Waals surface area contributed by atoms with Gasteiger partial charge < -0.3 is 5.32 Å². The van der Waals surface area contributed by atoms with Crippen molar-refractivity contribution in [2.45, 2.75) is 4.90 Å². The van der Waals surface area contributed by atoms with Crippen molar-refractivity contribution >= 4 is 21.7 Å². The van der Waals surface area contributed by atoms with E-state index in [-0.39, 0.29) is 0 Å². The lowest BCUT2D eigenvalue weighted by atomic mass is 10.3. The van der Waals surface area contributed by atoms with E-state index >= 15 is 0 Å². The number of sulfonamides is 1. The molecular formula is C8H9N3O5S. The summed E-state index contributed by atoms with van der Waals surface area (Å²) in [6.07, 6.45) is 0. The van der Waals surface area contributed by atoms with E-state index < -0.39 is 31.6 Å². The molecule has 8 nitrogen and oxygen atoms in total. The van der Waals surface area contributed by atoms with E-state index in [1.807, 2.05) is 5.32 Å². The molecule has 0 unspecified atom stereocenters. The Hall–Kier alpha value is -2.16. The smallest absolute Gasteiger partial charge is 0.328 e. The molecule has 9 heteroatoms. The quantitative estimate of drug-likeness (QED) is 0.594. The van der Waals surface area contributed by atoms with Gasteiger partial charge in [-0.1, -0.05) is 12.1 Å². The highest BCUT2D eigenvalue weighted by atomic mass is 32.2. The van der Waals surface area contributed by atoms with E-state index in [4.69, 9.17) is 0 Å². The van der Waals surface area contributed by atoms with Gasteiger partial charge in [0.2, 0.25) is 0 Å². The van der Waals surface area contributed by atoms with Gasteiger partial charge in [0.25, 0.3) is 15.7 Å². The number of urea groups is 1. The van der Waals surface area contributed by atoms with Crippen LogP contribution in [0.2, 0.25) is 0 Å². The van der Waals surface area contributed by atoms with Gasteiger partial charge in [-0.2, -0.15) is 0 Å². The zero-order valence-electron chi connectivity index (χ0n) is 8.71. The summed E-state index contributed by atoms with van der Waals surface area (Å²) in [5.41, 5.74) is -0.594. The number of nitro groups is 1. The second-order valence-corrected chi connectivity index (χ2v) is 4.56. The van der Waals surface area contributed by atoms with Crippen LogP contribution >= 0.6 is 0 Å². The highest BCUT2D eigenvalue weighted by Gasteiger charge is 2.26. The topological polar surface area (TPSA) is 118 Å². The van der Waals surface area contributed by atoms with Crippen LogP contribution in [-0.2, 0) is 10.0 Å². The van der Waals surface area contributed by atoms with Crippen LogP contribution < -0.4 is 10.0 Å². The van der Waals surface area contributed by atoms with Gasteiger partial charge >= 0.3 is 6.03 Å². The van der Waals surface area contributed by atoms with Crippen molar-refractivity contribution in [3.8, 4) is 0 Å². The number of carbonyl (C=O) groups excluding carboxylic acids is 1. The lowest BCUT2D eigenvalue weighted by Gasteiger charge is -2.06. The number of carbonyl (C=O) groups is 1. The zero-order valence-corrected chi connectivity index (χ0v) is 9.52. The Morgan fingerprint density at radius 1 is 1.35 bits per heavy atom. The fraction of sp³-hybridized carbons (Fsp3) is 0.125. The molecule has 0 saturated carbocycles. The molecule has 0 aliphatic carbocycles. The van der Waals surface area contributed by atoms with Gasteiger partial charge in [-0.25, -0.2) is 17.9 Å².